The van der Waals surface area contributed by atoms with Crippen molar-refractivity contribution < 1.29 is 4.74 Å². The van der Waals surface area contributed by atoms with E-state index in [-0.39, 0.29) is 6.04 Å². The number of benzene rings is 1. The van der Waals surface area contributed by atoms with Crippen molar-refractivity contribution in [1.29, 1.82) is 5.26 Å². The van der Waals surface area contributed by atoms with Gasteiger partial charge in [0.1, 0.15) is 11.3 Å². The van der Waals surface area contributed by atoms with Gasteiger partial charge in [0.2, 0.25) is 0 Å². The Labute approximate surface area is 129 Å². The normalized spacial score (nSPS) is 14.0. The highest BCUT2D eigenvalue weighted by atomic mass is 16.5. The van der Waals surface area contributed by atoms with Gasteiger partial charge in [0.25, 0.3) is 0 Å². The van der Waals surface area contributed by atoms with E-state index in [0.29, 0.717) is 18.9 Å². The first-order chi connectivity index (χ1) is 9.77. The van der Waals surface area contributed by atoms with Crippen LogP contribution in [0.1, 0.15) is 58.1 Å². The number of ether oxygens (including phenoxy) is 1. The largest absolute Gasteiger partial charge is 0.493 e. The quantitative estimate of drug-likeness (QED) is 0.819. The molecule has 1 aromatic carbocycles. The minimum Gasteiger partial charge on any atom is -0.493 e. The molecule has 0 heterocycles. The van der Waals surface area contributed by atoms with Crippen LogP contribution in [0.25, 0.3) is 0 Å². The molecule has 0 spiro atoms. The van der Waals surface area contributed by atoms with Gasteiger partial charge in [-0.3, -0.25) is 5.32 Å². The molecule has 3 nitrogen and oxygen atoms in total. The molecular weight excluding hydrogens is 260 g/mol. The van der Waals surface area contributed by atoms with E-state index in [9.17, 15) is 5.26 Å². The average Bonchev–Trinajstić information content (AvgIpc) is 2.39. The Morgan fingerprint density at radius 3 is 2.48 bits per heavy atom. The molecule has 0 bridgehead atoms. The van der Waals surface area contributed by atoms with Gasteiger partial charge >= 0.3 is 0 Å². The maximum atomic E-state index is 9.33. The van der Waals surface area contributed by atoms with E-state index in [2.05, 4.69) is 50.4 Å². The van der Waals surface area contributed by atoms with Crippen LogP contribution in [0.2, 0.25) is 0 Å². The third-order valence-electron chi connectivity index (χ3n) is 3.59. The van der Waals surface area contributed by atoms with Crippen LogP contribution < -0.4 is 10.1 Å². The molecule has 0 amide bonds. The summed E-state index contributed by atoms with van der Waals surface area (Å²) in [5.41, 5.74) is 1.87. The molecule has 1 rings (SSSR count). The van der Waals surface area contributed by atoms with E-state index >= 15 is 0 Å². The lowest BCUT2D eigenvalue weighted by molar-refractivity contribution is 0.258. The molecule has 0 radical (unpaired) electrons. The summed E-state index contributed by atoms with van der Waals surface area (Å²) in [5, 5.41) is 12.6. The zero-order chi connectivity index (χ0) is 16.0. The number of rotatable bonds is 7. The van der Waals surface area contributed by atoms with Crippen molar-refractivity contribution in [2.45, 2.75) is 65.5 Å². The molecular formula is C18H28N2O. The second-order valence-corrected chi connectivity index (χ2v) is 6.52. The van der Waals surface area contributed by atoms with Gasteiger partial charge in [-0.15, -0.1) is 0 Å². The van der Waals surface area contributed by atoms with Crippen molar-refractivity contribution in [2.24, 2.45) is 0 Å². The minimum absolute atomic E-state index is 0.278. The van der Waals surface area contributed by atoms with Crippen LogP contribution in [0.5, 0.6) is 5.75 Å². The van der Waals surface area contributed by atoms with Crippen molar-refractivity contribution in [2.75, 3.05) is 6.61 Å². The van der Waals surface area contributed by atoms with Crippen LogP contribution in [0.3, 0.4) is 0 Å². The van der Waals surface area contributed by atoms with Gasteiger partial charge in [0, 0.05) is 12.5 Å². The molecule has 0 saturated carbocycles. The number of aryl methyl sites for hydroxylation is 1. The zero-order valence-corrected chi connectivity index (χ0v) is 14.2. The summed E-state index contributed by atoms with van der Waals surface area (Å²) >= 11 is 0. The van der Waals surface area contributed by atoms with Crippen molar-refractivity contribution in [3.05, 3.63) is 29.3 Å². The van der Waals surface area contributed by atoms with Gasteiger partial charge in [0.05, 0.1) is 12.7 Å². The van der Waals surface area contributed by atoms with E-state index < -0.39 is 5.54 Å². The van der Waals surface area contributed by atoms with Gasteiger partial charge in [-0.2, -0.15) is 5.26 Å². The molecule has 116 valence electrons. The Bertz CT molecular complexity index is 502. The lowest BCUT2D eigenvalue weighted by Crippen LogP contribution is -2.45. The summed E-state index contributed by atoms with van der Waals surface area (Å²) < 4.78 is 5.92. The lowest BCUT2D eigenvalue weighted by atomic mass is 9.99. The zero-order valence-electron chi connectivity index (χ0n) is 14.2. The fourth-order valence-electron chi connectivity index (χ4n) is 2.29. The van der Waals surface area contributed by atoms with Crippen LogP contribution >= 0.6 is 0 Å². The standard InChI is InChI=1S/C18H28N2O/c1-13(2)16-8-7-15(5)17(11-16)21-10-9-18(6,12-19)20-14(3)4/h7-8,11,13-14,20H,9-10H2,1-6H3. The van der Waals surface area contributed by atoms with Crippen LogP contribution in [0, 0.1) is 18.3 Å². The Kier molecular flexibility index (Phi) is 6.23. The monoisotopic (exact) mass is 288 g/mol. The summed E-state index contributed by atoms with van der Waals surface area (Å²) in [7, 11) is 0. The van der Waals surface area contributed by atoms with Crippen molar-refractivity contribution in [3.63, 3.8) is 0 Å². The van der Waals surface area contributed by atoms with Gasteiger partial charge in [-0.05, 0) is 50.8 Å². The first-order valence-electron chi connectivity index (χ1n) is 7.69. The molecule has 0 aromatic heterocycles. The predicted octanol–water partition coefficient (Wildman–Crippen LogP) is 4.17. The van der Waals surface area contributed by atoms with E-state index in [1.807, 2.05) is 20.8 Å². The third-order valence-corrected chi connectivity index (χ3v) is 3.59. The Balaban J connectivity index is 2.67. The summed E-state index contributed by atoms with van der Waals surface area (Å²) in [6, 6.07) is 8.98. The van der Waals surface area contributed by atoms with E-state index in [0.717, 1.165) is 11.3 Å². The highest BCUT2D eigenvalue weighted by Crippen LogP contribution is 2.24. The van der Waals surface area contributed by atoms with Gasteiger partial charge in [-0.1, -0.05) is 26.0 Å². The number of hydrogen-bond donors (Lipinski definition) is 1. The maximum absolute atomic E-state index is 9.33. The molecule has 1 unspecified atom stereocenters. The van der Waals surface area contributed by atoms with E-state index in [1.165, 1.54) is 5.56 Å². The fraction of sp³-hybridized carbons (Fsp3) is 0.611. The van der Waals surface area contributed by atoms with Crippen LogP contribution in [0.4, 0.5) is 0 Å². The molecule has 3 heteroatoms. The van der Waals surface area contributed by atoms with E-state index in [4.69, 9.17) is 4.74 Å². The highest BCUT2D eigenvalue weighted by molar-refractivity contribution is 5.37. The maximum Gasteiger partial charge on any atom is 0.122 e. The first-order valence-corrected chi connectivity index (χ1v) is 7.69. The minimum atomic E-state index is -0.544. The molecule has 0 saturated heterocycles. The van der Waals surface area contributed by atoms with Gasteiger partial charge in [-0.25, -0.2) is 0 Å². The Hall–Kier alpha value is -1.53. The van der Waals surface area contributed by atoms with Crippen molar-refractivity contribution >= 4 is 0 Å². The van der Waals surface area contributed by atoms with Gasteiger partial charge in [0.15, 0.2) is 0 Å². The summed E-state index contributed by atoms with van der Waals surface area (Å²) in [4.78, 5) is 0. The summed E-state index contributed by atoms with van der Waals surface area (Å²) in [6.45, 7) is 13.0. The number of hydrogen-bond acceptors (Lipinski definition) is 3. The molecule has 0 aliphatic heterocycles. The molecule has 0 aliphatic carbocycles. The predicted molar refractivity (Wildman–Crippen MR) is 87.7 cm³/mol. The number of nitrogens with zero attached hydrogens (tertiary/aromatic N) is 1. The highest BCUT2D eigenvalue weighted by Gasteiger charge is 2.24. The smallest absolute Gasteiger partial charge is 0.122 e. The lowest BCUT2D eigenvalue weighted by Gasteiger charge is -2.26. The fourth-order valence-corrected chi connectivity index (χ4v) is 2.29. The second kappa shape index (κ2) is 7.47. The number of nitriles is 1. The van der Waals surface area contributed by atoms with Crippen molar-refractivity contribution in [1.82, 2.24) is 5.32 Å². The second-order valence-electron chi connectivity index (χ2n) is 6.52. The average molecular weight is 288 g/mol. The molecule has 1 atom stereocenters. The van der Waals surface area contributed by atoms with E-state index in [1.54, 1.807) is 0 Å². The van der Waals surface area contributed by atoms with Gasteiger partial charge < -0.3 is 4.74 Å². The van der Waals surface area contributed by atoms with Crippen LogP contribution in [-0.4, -0.2) is 18.2 Å². The first kappa shape index (κ1) is 17.5. The molecule has 0 aliphatic rings. The summed E-state index contributed by atoms with van der Waals surface area (Å²) in [6.07, 6.45) is 0.660. The topological polar surface area (TPSA) is 45.0 Å². The number of nitrogens with one attached hydrogen (secondary N) is 1. The summed E-state index contributed by atoms with van der Waals surface area (Å²) in [5.74, 6) is 1.41. The molecule has 0 fully saturated rings. The van der Waals surface area contributed by atoms with Crippen LogP contribution in [-0.2, 0) is 0 Å². The Morgan fingerprint density at radius 2 is 1.95 bits per heavy atom. The van der Waals surface area contributed by atoms with Crippen molar-refractivity contribution in [3.8, 4) is 11.8 Å². The molecule has 1 aromatic rings. The molecule has 21 heavy (non-hydrogen) atoms. The van der Waals surface area contributed by atoms with Crippen LogP contribution in [0.15, 0.2) is 18.2 Å². The molecule has 1 N–H and O–H groups in total. The SMILES string of the molecule is Cc1ccc(C(C)C)cc1OCCC(C)(C#N)NC(C)C. The Morgan fingerprint density at radius 1 is 1.29 bits per heavy atom. The third kappa shape index (κ3) is 5.40.